The molecular formula is C27H36N4O2. The highest BCUT2D eigenvalue weighted by Gasteiger charge is 2.33. The molecule has 0 saturated carbocycles. The third-order valence-electron chi connectivity index (χ3n) is 6.80. The van der Waals surface area contributed by atoms with Crippen molar-refractivity contribution < 1.29 is 9.59 Å². The fourth-order valence-corrected chi connectivity index (χ4v) is 4.66. The van der Waals surface area contributed by atoms with Gasteiger partial charge in [0.15, 0.2) is 0 Å². The van der Waals surface area contributed by atoms with E-state index in [2.05, 4.69) is 46.7 Å². The number of benzene rings is 2. The Kier molecular flexibility index (Phi) is 7.53. The number of nitrogens with zero attached hydrogens (tertiary/aromatic N) is 2. The molecule has 176 valence electrons. The van der Waals surface area contributed by atoms with Crippen molar-refractivity contribution in [3.63, 3.8) is 0 Å². The summed E-state index contributed by atoms with van der Waals surface area (Å²) in [4.78, 5) is 28.7. The van der Waals surface area contributed by atoms with Gasteiger partial charge in [0.1, 0.15) is 0 Å². The van der Waals surface area contributed by atoms with Crippen LogP contribution in [0.2, 0.25) is 0 Å². The number of nitrogens with one attached hydrogen (secondary N) is 2. The number of anilines is 3. The van der Waals surface area contributed by atoms with E-state index in [4.69, 9.17) is 0 Å². The van der Waals surface area contributed by atoms with Crippen LogP contribution < -0.4 is 15.5 Å². The van der Waals surface area contributed by atoms with Gasteiger partial charge < -0.3 is 20.4 Å². The predicted octanol–water partition coefficient (Wildman–Crippen LogP) is 4.54. The van der Waals surface area contributed by atoms with Gasteiger partial charge in [-0.25, -0.2) is 0 Å². The molecule has 33 heavy (non-hydrogen) atoms. The number of hydrogen-bond donors (Lipinski definition) is 2. The monoisotopic (exact) mass is 448 g/mol. The Morgan fingerprint density at radius 1 is 1.00 bits per heavy atom. The van der Waals surface area contributed by atoms with E-state index in [0.717, 1.165) is 48.9 Å². The van der Waals surface area contributed by atoms with E-state index in [0.29, 0.717) is 19.5 Å². The van der Waals surface area contributed by atoms with E-state index in [-0.39, 0.29) is 17.7 Å². The number of carbonyl (C=O) groups is 2. The number of hydrogen-bond acceptors (Lipinski definition) is 4. The highest BCUT2D eigenvalue weighted by molar-refractivity contribution is 5.89. The van der Waals surface area contributed by atoms with Crippen molar-refractivity contribution in [2.45, 2.75) is 46.1 Å². The molecule has 2 aliphatic rings. The normalized spacial score (nSPS) is 19.1. The molecule has 0 aliphatic carbocycles. The zero-order valence-corrected chi connectivity index (χ0v) is 19.8. The lowest BCUT2D eigenvalue weighted by Gasteiger charge is -2.32. The minimum Gasteiger partial charge on any atom is -0.372 e. The third-order valence-corrected chi connectivity index (χ3v) is 6.80. The minimum absolute atomic E-state index is 0.0348. The lowest BCUT2D eigenvalue weighted by atomic mass is 9.99. The molecule has 6 nitrogen and oxygen atoms in total. The van der Waals surface area contributed by atoms with Gasteiger partial charge in [0.05, 0.1) is 5.92 Å². The first-order valence-electron chi connectivity index (χ1n) is 12.3. The summed E-state index contributed by atoms with van der Waals surface area (Å²) in [5, 5.41) is 6.44. The van der Waals surface area contributed by atoms with Gasteiger partial charge in [0.25, 0.3) is 0 Å². The van der Waals surface area contributed by atoms with Crippen LogP contribution in [0.25, 0.3) is 0 Å². The molecule has 2 fully saturated rings. The number of carbonyl (C=O) groups excluding carboxylic acids is 2. The number of amides is 2. The molecule has 1 atom stereocenters. The molecular weight excluding hydrogens is 412 g/mol. The lowest BCUT2D eigenvalue weighted by molar-refractivity contribution is -0.129. The van der Waals surface area contributed by atoms with Gasteiger partial charge in [-0.3, -0.25) is 9.59 Å². The topological polar surface area (TPSA) is 64.7 Å². The van der Waals surface area contributed by atoms with Crippen molar-refractivity contribution in [2.75, 3.05) is 36.4 Å². The molecule has 2 amide bonds. The zero-order valence-electron chi connectivity index (χ0n) is 19.8. The number of rotatable bonds is 8. The average Bonchev–Trinajstić information content (AvgIpc) is 3.20. The number of likely N-dealkylation sites (tertiary alicyclic amines) is 1. The van der Waals surface area contributed by atoms with Gasteiger partial charge in [-0.05, 0) is 67.1 Å². The second-order valence-corrected chi connectivity index (χ2v) is 9.50. The quantitative estimate of drug-likeness (QED) is 0.622. The van der Waals surface area contributed by atoms with Gasteiger partial charge >= 0.3 is 0 Å². The maximum atomic E-state index is 12.5. The summed E-state index contributed by atoms with van der Waals surface area (Å²) in [5.41, 5.74) is 4.41. The Balaban J connectivity index is 1.25. The van der Waals surface area contributed by atoms with Crippen molar-refractivity contribution in [3.8, 4) is 0 Å². The molecule has 2 N–H and O–H groups in total. The summed E-state index contributed by atoms with van der Waals surface area (Å²) in [5.74, 6) is 0.654. The molecule has 1 unspecified atom stereocenters. The molecule has 0 bridgehead atoms. The first-order valence-corrected chi connectivity index (χ1v) is 12.3. The van der Waals surface area contributed by atoms with E-state index in [1.807, 2.05) is 31.2 Å². The summed E-state index contributed by atoms with van der Waals surface area (Å²) < 4.78 is 0. The van der Waals surface area contributed by atoms with Gasteiger partial charge in [-0.1, -0.05) is 26.0 Å². The maximum Gasteiger partial charge on any atom is 0.225 e. The van der Waals surface area contributed by atoms with Gasteiger partial charge in [-0.2, -0.15) is 0 Å². The van der Waals surface area contributed by atoms with Crippen LogP contribution in [0.3, 0.4) is 0 Å². The first-order chi connectivity index (χ1) is 16.0. The fraction of sp³-hybridized carbons (Fsp3) is 0.481. The highest BCUT2D eigenvalue weighted by atomic mass is 16.2. The maximum absolute atomic E-state index is 12.5. The molecule has 0 aromatic heterocycles. The molecule has 2 saturated heterocycles. The van der Waals surface area contributed by atoms with E-state index in [1.165, 1.54) is 18.5 Å². The van der Waals surface area contributed by atoms with Gasteiger partial charge in [-0.15, -0.1) is 0 Å². The van der Waals surface area contributed by atoms with Crippen molar-refractivity contribution in [1.29, 1.82) is 0 Å². The summed E-state index contributed by atoms with van der Waals surface area (Å²) >= 11 is 0. The van der Waals surface area contributed by atoms with Crippen LogP contribution in [0, 0.1) is 11.8 Å². The van der Waals surface area contributed by atoms with E-state index in [9.17, 15) is 9.59 Å². The second kappa shape index (κ2) is 10.7. The van der Waals surface area contributed by atoms with Crippen LogP contribution in [0.5, 0.6) is 0 Å². The predicted molar refractivity (Wildman–Crippen MR) is 134 cm³/mol. The SMILES string of the molecule is CCCN1CC(C(=O)NCc2ccc(Nc3ccc(N4CCC(C)CC4)cc3)cc2)CC1=O. The average molecular weight is 449 g/mol. The van der Waals surface area contributed by atoms with E-state index >= 15 is 0 Å². The van der Waals surface area contributed by atoms with Crippen molar-refractivity contribution >= 4 is 28.9 Å². The Labute approximate surface area is 197 Å². The Morgan fingerprint density at radius 2 is 1.64 bits per heavy atom. The Bertz CT molecular complexity index is 934. The molecule has 0 radical (unpaired) electrons. The molecule has 0 spiro atoms. The van der Waals surface area contributed by atoms with Crippen molar-refractivity contribution in [1.82, 2.24) is 10.2 Å². The second-order valence-electron chi connectivity index (χ2n) is 9.50. The fourth-order valence-electron chi connectivity index (χ4n) is 4.66. The van der Waals surface area contributed by atoms with E-state index in [1.54, 1.807) is 4.90 Å². The Hall–Kier alpha value is -3.02. The van der Waals surface area contributed by atoms with Gasteiger partial charge in [0.2, 0.25) is 11.8 Å². The van der Waals surface area contributed by atoms with Crippen LogP contribution in [0.4, 0.5) is 17.1 Å². The minimum atomic E-state index is -0.235. The van der Waals surface area contributed by atoms with E-state index < -0.39 is 0 Å². The van der Waals surface area contributed by atoms with Crippen LogP contribution in [-0.2, 0) is 16.1 Å². The summed E-state index contributed by atoms with van der Waals surface area (Å²) in [6.07, 6.45) is 3.78. The summed E-state index contributed by atoms with van der Waals surface area (Å²) in [6.45, 7) is 8.40. The Morgan fingerprint density at radius 3 is 2.27 bits per heavy atom. The third kappa shape index (κ3) is 6.06. The standard InChI is InChI=1S/C27H36N4O2/c1-3-14-31-19-22(17-26(31)32)27(33)28-18-21-4-6-23(7-5-21)29-24-8-10-25(11-9-24)30-15-12-20(2)13-16-30/h4-11,20,22,29H,3,12-19H2,1-2H3,(H,28,33). The lowest BCUT2D eigenvalue weighted by Crippen LogP contribution is -2.32. The molecule has 2 aromatic carbocycles. The van der Waals surface area contributed by atoms with Crippen molar-refractivity contribution in [2.24, 2.45) is 11.8 Å². The molecule has 4 rings (SSSR count). The summed E-state index contributed by atoms with van der Waals surface area (Å²) in [7, 11) is 0. The van der Waals surface area contributed by atoms with Gasteiger partial charge in [0, 0.05) is 56.2 Å². The first kappa shape index (κ1) is 23.1. The van der Waals surface area contributed by atoms with Crippen LogP contribution >= 0.6 is 0 Å². The molecule has 2 aromatic rings. The largest absolute Gasteiger partial charge is 0.372 e. The van der Waals surface area contributed by atoms with Crippen molar-refractivity contribution in [3.05, 3.63) is 54.1 Å². The molecule has 2 aliphatic heterocycles. The highest BCUT2D eigenvalue weighted by Crippen LogP contribution is 2.25. The smallest absolute Gasteiger partial charge is 0.225 e. The van der Waals surface area contributed by atoms with Crippen LogP contribution in [-0.4, -0.2) is 42.9 Å². The van der Waals surface area contributed by atoms with Crippen LogP contribution in [0.15, 0.2) is 48.5 Å². The zero-order chi connectivity index (χ0) is 23.2. The molecule has 2 heterocycles. The summed E-state index contributed by atoms with van der Waals surface area (Å²) in [6, 6.07) is 16.8. The van der Waals surface area contributed by atoms with Crippen LogP contribution in [0.1, 0.15) is 45.1 Å². The number of piperidine rings is 1. The molecule has 6 heteroatoms.